The summed E-state index contributed by atoms with van der Waals surface area (Å²) < 4.78 is 43.5. The van der Waals surface area contributed by atoms with E-state index in [-0.39, 0.29) is 33.0 Å². The quantitative estimate of drug-likeness (QED) is 0.489. The van der Waals surface area contributed by atoms with Crippen molar-refractivity contribution in [3.8, 4) is 5.75 Å². The molecule has 2 rings (SSSR count). The number of nitrogens with one attached hydrogen (secondary N) is 1. The molecular weight excluding hydrogens is 432 g/mol. The lowest BCUT2D eigenvalue weighted by Gasteiger charge is -2.16. The molecule has 0 saturated heterocycles. The highest BCUT2D eigenvalue weighted by molar-refractivity contribution is 6.34. The minimum atomic E-state index is -4.57. The molecule has 29 heavy (non-hydrogen) atoms. The van der Waals surface area contributed by atoms with E-state index in [1.165, 1.54) is 18.2 Å². The Labute approximate surface area is 174 Å². The summed E-state index contributed by atoms with van der Waals surface area (Å²) in [5, 5.41) is 2.25. The predicted molar refractivity (Wildman–Crippen MR) is 104 cm³/mol. The molecule has 0 fully saturated rings. The molecule has 0 aromatic heterocycles. The zero-order valence-electron chi connectivity index (χ0n) is 15.3. The summed E-state index contributed by atoms with van der Waals surface area (Å²) in [4.78, 5) is 24.8. The Morgan fingerprint density at radius 3 is 2.31 bits per heavy atom. The molecule has 0 radical (unpaired) electrons. The third kappa shape index (κ3) is 5.85. The standard InChI is InChI=1S/C19H17Cl2F3N2O3/c1-9(2)16(25)18(28)29-15-6-4-11(20)8-12(15)17(27)26-14-5-3-10(7-13(14)21)19(22,23)24/h3-9,16H,25H2,1-2H3,(H,26,27). The molecule has 0 bridgehead atoms. The first-order valence-corrected chi connectivity index (χ1v) is 9.10. The van der Waals surface area contributed by atoms with Gasteiger partial charge in [-0.05, 0) is 42.3 Å². The third-order valence-corrected chi connectivity index (χ3v) is 4.48. The third-order valence-electron chi connectivity index (χ3n) is 3.93. The van der Waals surface area contributed by atoms with Gasteiger partial charge in [0.25, 0.3) is 5.91 Å². The van der Waals surface area contributed by atoms with Crippen LogP contribution in [0.1, 0.15) is 29.8 Å². The molecule has 1 amide bonds. The second kappa shape index (κ2) is 9.02. The summed E-state index contributed by atoms with van der Waals surface area (Å²) in [6.45, 7) is 3.46. The maximum Gasteiger partial charge on any atom is 0.416 e. The number of esters is 1. The van der Waals surface area contributed by atoms with E-state index in [0.29, 0.717) is 6.07 Å². The van der Waals surface area contributed by atoms with Crippen molar-refractivity contribution in [2.24, 2.45) is 11.7 Å². The highest BCUT2D eigenvalue weighted by Crippen LogP contribution is 2.34. The van der Waals surface area contributed by atoms with E-state index in [1.54, 1.807) is 13.8 Å². The number of carbonyl (C=O) groups excluding carboxylic acids is 2. The Hall–Kier alpha value is -2.29. The number of alkyl halides is 3. The molecular formula is C19H17Cl2F3N2O3. The molecule has 0 aliphatic rings. The molecule has 1 unspecified atom stereocenters. The van der Waals surface area contributed by atoms with Gasteiger partial charge in [-0.1, -0.05) is 37.0 Å². The average Bonchev–Trinajstić information content (AvgIpc) is 2.62. The maximum absolute atomic E-state index is 12.7. The second-order valence-corrected chi connectivity index (χ2v) is 7.32. The number of amides is 1. The lowest BCUT2D eigenvalue weighted by Crippen LogP contribution is -2.38. The molecule has 0 saturated carbocycles. The number of rotatable bonds is 5. The van der Waals surface area contributed by atoms with Gasteiger partial charge in [-0.2, -0.15) is 13.2 Å². The number of anilines is 1. The zero-order chi connectivity index (χ0) is 21.9. The van der Waals surface area contributed by atoms with Crippen molar-refractivity contribution in [1.82, 2.24) is 0 Å². The Bertz CT molecular complexity index is 933. The minimum Gasteiger partial charge on any atom is -0.425 e. The van der Waals surface area contributed by atoms with Crippen LogP contribution in [-0.2, 0) is 11.0 Å². The smallest absolute Gasteiger partial charge is 0.416 e. The molecule has 2 aromatic carbocycles. The van der Waals surface area contributed by atoms with E-state index < -0.39 is 29.7 Å². The summed E-state index contributed by atoms with van der Waals surface area (Å²) in [7, 11) is 0. The van der Waals surface area contributed by atoms with Crippen LogP contribution in [0.15, 0.2) is 36.4 Å². The van der Waals surface area contributed by atoms with Gasteiger partial charge >= 0.3 is 12.1 Å². The summed E-state index contributed by atoms with van der Waals surface area (Å²) in [5.41, 5.74) is 4.62. The van der Waals surface area contributed by atoms with Gasteiger partial charge in [-0.3, -0.25) is 4.79 Å². The molecule has 10 heteroatoms. The van der Waals surface area contributed by atoms with Crippen LogP contribution >= 0.6 is 23.2 Å². The Kier molecular flexibility index (Phi) is 7.15. The van der Waals surface area contributed by atoms with E-state index in [1.807, 2.05) is 0 Å². The second-order valence-electron chi connectivity index (χ2n) is 6.48. The number of nitrogens with two attached hydrogens (primary N) is 1. The first-order chi connectivity index (χ1) is 13.4. The number of carbonyl (C=O) groups is 2. The van der Waals surface area contributed by atoms with Gasteiger partial charge in [-0.25, -0.2) is 4.79 Å². The summed E-state index contributed by atoms with van der Waals surface area (Å²) in [6, 6.07) is 5.56. The molecule has 0 spiro atoms. The summed E-state index contributed by atoms with van der Waals surface area (Å²) >= 11 is 11.8. The average molecular weight is 449 g/mol. The van der Waals surface area contributed by atoms with Gasteiger partial charge in [0.1, 0.15) is 11.8 Å². The van der Waals surface area contributed by atoms with Gasteiger partial charge < -0.3 is 15.8 Å². The van der Waals surface area contributed by atoms with Crippen molar-refractivity contribution in [3.05, 3.63) is 57.6 Å². The van der Waals surface area contributed by atoms with Gasteiger partial charge in [-0.15, -0.1) is 0 Å². The van der Waals surface area contributed by atoms with Crippen LogP contribution in [0.5, 0.6) is 5.75 Å². The molecule has 2 aromatic rings. The van der Waals surface area contributed by atoms with E-state index in [4.69, 9.17) is 33.7 Å². The van der Waals surface area contributed by atoms with Crippen molar-refractivity contribution >= 4 is 40.8 Å². The van der Waals surface area contributed by atoms with E-state index in [9.17, 15) is 22.8 Å². The van der Waals surface area contributed by atoms with Crippen LogP contribution in [0, 0.1) is 5.92 Å². The highest BCUT2D eigenvalue weighted by Gasteiger charge is 2.31. The normalized spacial score (nSPS) is 12.6. The molecule has 0 aliphatic carbocycles. The van der Waals surface area contributed by atoms with Gasteiger partial charge in [0.05, 0.1) is 21.8 Å². The Morgan fingerprint density at radius 2 is 1.76 bits per heavy atom. The zero-order valence-corrected chi connectivity index (χ0v) is 16.8. The maximum atomic E-state index is 12.7. The SMILES string of the molecule is CC(C)C(N)C(=O)Oc1ccc(Cl)cc1C(=O)Nc1ccc(C(F)(F)F)cc1Cl. The lowest BCUT2D eigenvalue weighted by atomic mass is 10.1. The Balaban J connectivity index is 2.29. The summed E-state index contributed by atoms with van der Waals surface area (Å²) in [6.07, 6.45) is -4.57. The van der Waals surface area contributed by atoms with Crippen molar-refractivity contribution in [3.63, 3.8) is 0 Å². The number of hydrogen-bond acceptors (Lipinski definition) is 4. The topological polar surface area (TPSA) is 81.4 Å². The molecule has 0 heterocycles. The number of hydrogen-bond donors (Lipinski definition) is 2. The lowest BCUT2D eigenvalue weighted by molar-refractivity contribution is -0.138. The number of benzene rings is 2. The predicted octanol–water partition coefficient (Wildman–Crippen LogP) is 5.15. The molecule has 156 valence electrons. The van der Waals surface area contributed by atoms with Gasteiger partial charge in [0, 0.05) is 5.02 Å². The van der Waals surface area contributed by atoms with Crippen LogP contribution in [0.4, 0.5) is 18.9 Å². The first kappa shape index (κ1) is 23.0. The monoisotopic (exact) mass is 448 g/mol. The van der Waals surface area contributed by atoms with Crippen LogP contribution in [0.3, 0.4) is 0 Å². The fraction of sp³-hybridized carbons (Fsp3) is 0.263. The van der Waals surface area contributed by atoms with Crippen LogP contribution in [0.25, 0.3) is 0 Å². The van der Waals surface area contributed by atoms with E-state index >= 15 is 0 Å². The van der Waals surface area contributed by atoms with Crippen LogP contribution < -0.4 is 15.8 Å². The van der Waals surface area contributed by atoms with E-state index in [2.05, 4.69) is 5.32 Å². The van der Waals surface area contributed by atoms with Crippen molar-refractivity contribution in [2.75, 3.05) is 5.32 Å². The fourth-order valence-corrected chi connectivity index (χ4v) is 2.60. The number of ether oxygens (including phenoxy) is 1. The fourth-order valence-electron chi connectivity index (χ4n) is 2.20. The number of halogens is 5. The van der Waals surface area contributed by atoms with Crippen molar-refractivity contribution in [1.29, 1.82) is 0 Å². The largest absolute Gasteiger partial charge is 0.425 e. The first-order valence-electron chi connectivity index (χ1n) is 8.35. The minimum absolute atomic E-state index is 0.0548. The van der Waals surface area contributed by atoms with Crippen LogP contribution in [0.2, 0.25) is 10.0 Å². The molecule has 3 N–H and O–H groups in total. The molecule has 5 nitrogen and oxygen atoms in total. The van der Waals surface area contributed by atoms with Gasteiger partial charge in [0.15, 0.2) is 0 Å². The molecule has 0 aliphatic heterocycles. The molecule has 1 atom stereocenters. The van der Waals surface area contributed by atoms with Gasteiger partial charge in [0.2, 0.25) is 0 Å². The van der Waals surface area contributed by atoms with Crippen molar-refractivity contribution in [2.45, 2.75) is 26.1 Å². The summed E-state index contributed by atoms with van der Waals surface area (Å²) in [5.74, 6) is -1.83. The Morgan fingerprint density at radius 1 is 1.10 bits per heavy atom. The highest BCUT2D eigenvalue weighted by atomic mass is 35.5. The van der Waals surface area contributed by atoms with Crippen molar-refractivity contribution < 1.29 is 27.5 Å². The van der Waals surface area contributed by atoms with Crippen LogP contribution in [-0.4, -0.2) is 17.9 Å². The van der Waals surface area contributed by atoms with E-state index in [0.717, 1.165) is 12.1 Å².